The summed E-state index contributed by atoms with van der Waals surface area (Å²) in [5, 5.41) is 15.6. The number of carboxylic acids is 1. The van der Waals surface area contributed by atoms with E-state index < -0.39 is 111 Å². The fraction of sp³-hybridized carbons (Fsp3) is 0.519. The maximum Gasteiger partial charge on any atom is 0.404 e. The lowest BCUT2D eigenvalue weighted by Gasteiger charge is -2.31. The standard InChI is InChI=1S/C27H27ClF7N5O6S2/c1-4-14(27(33,34)35)39-48(44,45)13-6-5-12(16(17(13)28)20(29)30)19-18(23(41)40-9-7-26(31,32)8-10-40)36-22(47-19)21-38-37-15(46-21)11-25(2,3)24(42)43/h5-6,14,20,39H,4,7-11H2,1-3H3,(H,42,43)/t14-/m0/s1. The maximum absolute atomic E-state index is 14.6. The number of carbonyl (C=O) groups excluding carboxylic acids is 1. The van der Waals surface area contributed by atoms with Gasteiger partial charge in [0.2, 0.25) is 15.9 Å². The number of amides is 1. The van der Waals surface area contributed by atoms with Gasteiger partial charge in [0.15, 0.2) is 5.01 Å². The Hall–Kier alpha value is -3.36. The number of thiazole rings is 1. The lowest BCUT2D eigenvalue weighted by Crippen LogP contribution is -2.44. The second-order valence-electron chi connectivity index (χ2n) is 11.5. The van der Waals surface area contributed by atoms with Crippen molar-refractivity contribution >= 4 is 44.8 Å². The molecule has 2 aromatic heterocycles. The fourth-order valence-corrected chi connectivity index (χ4v) is 7.58. The topological polar surface area (TPSA) is 156 Å². The normalized spacial score (nSPS) is 16.4. The number of hydrogen-bond acceptors (Lipinski definition) is 9. The van der Waals surface area contributed by atoms with E-state index in [9.17, 15) is 53.8 Å². The van der Waals surface area contributed by atoms with Crippen molar-refractivity contribution in [2.75, 3.05) is 13.1 Å². The zero-order valence-corrected chi connectivity index (χ0v) is 27.6. The predicted molar refractivity (Wildman–Crippen MR) is 156 cm³/mol. The van der Waals surface area contributed by atoms with Crippen molar-refractivity contribution < 1.29 is 58.3 Å². The summed E-state index contributed by atoms with van der Waals surface area (Å²) in [7, 11) is -5.12. The summed E-state index contributed by atoms with van der Waals surface area (Å²) in [6.45, 7) is 2.99. The van der Waals surface area contributed by atoms with Crippen molar-refractivity contribution in [2.24, 2.45) is 5.41 Å². The van der Waals surface area contributed by atoms with Gasteiger partial charge in [-0.1, -0.05) is 24.6 Å². The van der Waals surface area contributed by atoms with E-state index in [2.05, 4.69) is 15.2 Å². The summed E-state index contributed by atoms with van der Waals surface area (Å²) < 4.78 is 130. The van der Waals surface area contributed by atoms with E-state index in [0.29, 0.717) is 17.4 Å². The van der Waals surface area contributed by atoms with Crippen LogP contribution in [0, 0.1) is 5.41 Å². The zero-order chi connectivity index (χ0) is 36.0. The summed E-state index contributed by atoms with van der Waals surface area (Å²) >= 11 is 6.69. The van der Waals surface area contributed by atoms with E-state index in [1.54, 1.807) is 0 Å². The van der Waals surface area contributed by atoms with Crippen LogP contribution in [0.2, 0.25) is 5.02 Å². The van der Waals surface area contributed by atoms with E-state index in [-0.39, 0.29) is 28.1 Å². The van der Waals surface area contributed by atoms with Crippen molar-refractivity contribution in [1.29, 1.82) is 0 Å². The Morgan fingerprint density at radius 1 is 1.17 bits per heavy atom. The largest absolute Gasteiger partial charge is 0.481 e. The van der Waals surface area contributed by atoms with Gasteiger partial charge in [-0.25, -0.2) is 31.0 Å². The number of nitrogens with zero attached hydrogens (tertiary/aromatic N) is 4. The molecule has 3 heterocycles. The highest BCUT2D eigenvalue weighted by molar-refractivity contribution is 7.89. The van der Waals surface area contributed by atoms with Crippen LogP contribution in [0.25, 0.3) is 21.3 Å². The highest BCUT2D eigenvalue weighted by Crippen LogP contribution is 2.45. The molecule has 1 amide bonds. The van der Waals surface area contributed by atoms with Crippen LogP contribution in [0.5, 0.6) is 0 Å². The summed E-state index contributed by atoms with van der Waals surface area (Å²) in [4.78, 5) is 28.9. The predicted octanol–water partition coefficient (Wildman–Crippen LogP) is 6.59. The van der Waals surface area contributed by atoms with E-state index in [4.69, 9.17) is 16.0 Å². The molecule has 4 rings (SSSR count). The van der Waals surface area contributed by atoms with Gasteiger partial charge in [0, 0.05) is 43.5 Å². The number of rotatable bonds is 11. The molecular formula is C27H27ClF7N5O6S2. The highest BCUT2D eigenvalue weighted by atomic mass is 35.5. The van der Waals surface area contributed by atoms with Crippen molar-refractivity contribution in [1.82, 2.24) is 24.8 Å². The molecule has 0 saturated carbocycles. The molecule has 3 aromatic rings. The van der Waals surface area contributed by atoms with Gasteiger partial charge in [0.25, 0.3) is 24.1 Å². The molecule has 1 aliphatic rings. The van der Waals surface area contributed by atoms with Crippen LogP contribution in [0.4, 0.5) is 30.7 Å². The monoisotopic (exact) mass is 749 g/mol. The van der Waals surface area contributed by atoms with Crippen LogP contribution in [0.1, 0.15) is 68.4 Å². The summed E-state index contributed by atoms with van der Waals surface area (Å²) in [5.74, 6) is -5.69. The highest BCUT2D eigenvalue weighted by Gasteiger charge is 2.42. The van der Waals surface area contributed by atoms with Gasteiger partial charge in [0.1, 0.15) is 16.6 Å². The number of aromatic nitrogens is 3. The molecule has 1 atom stereocenters. The SMILES string of the molecule is CC[C@H](NS(=O)(=O)c1ccc(-c2sc(-c3nnc(CC(C)(C)C(=O)O)o3)nc2C(=O)N2CCC(F)(F)CC2)c(C(F)F)c1Cl)C(F)(F)F. The second-order valence-corrected chi connectivity index (χ2v) is 14.5. The third-order valence-electron chi connectivity index (χ3n) is 7.43. The van der Waals surface area contributed by atoms with Gasteiger partial charge < -0.3 is 14.4 Å². The van der Waals surface area contributed by atoms with E-state index >= 15 is 0 Å². The number of likely N-dealkylation sites (tertiary alicyclic amines) is 1. The lowest BCUT2D eigenvalue weighted by molar-refractivity contribution is -0.151. The number of nitrogens with one attached hydrogen (secondary N) is 1. The molecular weight excluding hydrogens is 723 g/mol. The molecule has 21 heteroatoms. The molecule has 0 aliphatic carbocycles. The number of hydrogen-bond donors (Lipinski definition) is 2. The van der Waals surface area contributed by atoms with E-state index in [1.807, 2.05) is 0 Å². The van der Waals surface area contributed by atoms with E-state index in [0.717, 1.165) is 17.9 Å². The first-order valence-electron chi connectivity index (χ1n) is 14.0. The molecule has 11 nitrogen and oxygen atoms in total. The fourth-order valence-electron chi connectivity index (χ4n) is 4.62. The van der Waals surface area contributed by atoms with Gasteiger partial charge in [0.05, 0.1) is 15.3 Å². The first-order chi connectivity index (χ1) is 22.1. The lowest BCUT2D eigenvalue weighted by atomic mass is 9.90. The molecule has 1 aromatic carbocycles. The number of carbonyl (C=O) groups is 2. The maximum atomic E-state index is 14.6. The first-order valence-corrected chi connectivity index (χ1v) is 16.7. The smallest absolute Gasteiger partial charge is 0.404 e. The summed E-state index contributed by atoms with van der Waals surface area (Å²) in [6.07, 6.45) is -10.9. The van der Waals surface area contributed by atoms with Crippen LogP contribution in [0.3, 0.4) is 0 Å². The Bertz CT molecular complexity index is 1800. The molecule has 0 spiro atoms. The number of alkyl halides is 7. The van der Waals surface area contributed by atoms with Crippen molar-refractivity contribution in [2.45, 2.75) is 75.9 Å². The van der Waals surface area contributed by atoms with Gasteiger partial charge in [-0.05, 0) is 26.3 Å². The molecule has 1 aliphatic heterocycles. The Morgan fingerprint density at radius 2 is 1.79 bits per heavy atom. The number of aliphatic carboxylic acids is 1. The first kappa shape index (κ1) is 37.5. The second kappa shape index (κ2) is 13.5. The van der Waals surface area contributed by atoms with Gasteiger partial charge in [-0.15, -0.1) is 21.5 Å². The third-order valence-corrected chi connectivity index (χ3v) is 10.5. The average Bonchev–Trinajstić information content (AvgIpc) is 3.61. The Kier molecular flexibility index (Phi) is 10.5. The zero-order valence-electron chi connectivity index (χ0n) is 25.2. The van der Waals surface area contributed by atoms with Crippen molar-refractivity contribution in [3.63, 3.8) is 0 Å². The Morgan fingerprint density at radius 3 is 2.33 bits per heavy atom. The van der Waals surface area contributed by atoms with Crippen LogP contribution in [0.15, 0.2) is 21.4 Å². The van der Waals surface area contributed by atoms with Crippen LogP contribution in [-0.4, -0.2) is 76.7 Å². The third kappa shape index (κ3) is 7.92. The van der Waals surface area contributed by atoms with Gasteiger partial charge in [-0.3, -0.25) is 9.59 Å². The Balaban J connectivity index is 1.85. The number of halogens is 8. The van der Waals surface area contributed by atoms with Gasteiger partial charge >= 0.3 is 12.1 Å². The molecule has 2 N–H and O–H groups in total. The molecule has 0 bridgehead atoms. The number of piperidine rings is 1. The van der Waals surface area contributed by atoms with Crippen LogP contribution >= 0.6 is 22.9 Å². The van der Waals surface area contributed by atoms with Crippen molar-refractivity contribution in [3.05, 3.63) is 34.3 Å². The molecule has 1 fully saturated rings. The minimum atomic E-state index is -5.12. The van der Waals surface area contributed by atoms with E-state index in [1.165, 1.54) is 18.6 Å². The summed E-state index contributed by atoms with van der Waals surface area (Å²) in [6, 6.07) is -1.06. The summed E-state index contributed by atoms with van der Waals surface area (Å²) in [5.41, 5.74) is -3.58. The molecule has 0 radical (unpaired) electrons. The molecule has 1 saturated heterocycles. The number of sulfonamides is 1. The van der Waals surface area contributed by atoms with Crippen molar-refractivity contribution in [3.8, 4) is 21.3 Å². The van der Waals surface area contributed by atoms with Crippen LogP contribution in [-0.2, 0) is 21.2 Å². The number of carboxylic acid groups (broad SMARTS) is 1. The quantitative estimate of drug-likeness (QED) is 0.207. The molecule has 0 unspecified atom stereocenters. The molecule has 48 heavy (non-hydrogen) atoms. The minimum absolute atomic E-state index is 0.150. The minimum Gasteiger partial charge on any atom is -0.481 e. The molecule has 264 valence electrons. The van der Waals surface area contributed by atoms with Crippen LogP contribution < -0.4 is 4.72 Å². The average molecular weight is 750 g/mol. The Labute approximate surface area is 277 Å². The number of benzene rings is 1. The van der Waals surface area contributed by atoms with Gasteiger partial charge in [-0.2, -0.15) is 17.9 Å².